The van der Waals surface area contributed by atoms with Gasteiger partial charge in [-0.15, -0.1) is 13.2 Å². The zero-order valence-corrected chi connectivity index (χ0v) is 13.9. The lowest BCUT2D eigenvalue weighted by Crippen LogP contribution is -2.29. The Bertz CT molecular complexity index is 720. The van der Waals surface area contributed by atoms with E-state index in [4.69, 9.17) is 16.3 Å². The summed E-state index contributed by atoms with van der Waals surface area (Å²) in [6.07, 6.45) is -5.23. The van der Waals surface area contributed by atoms with Gasteiger partial charge in [-0.2, -0.15) is 0 Å². The summed E-state index contributed by atoms with van der Waals surface area (Å²) in [5.74, 6) is -0.845. The molecule has 2 aromatic rings. The summed E-state index contributed by atoms with van der Waals surface area (Å²) in [5.41, 5.74) is 0.921. The van der Waals surface area contributed by atoms with Crippen LogP contribution in [0.15, 0.2) is 48.5 Å². The molecule has 0 aliphatic rings. The smallest absolute Gasteiger partial charge is 0.406 e. The van der Waals surface area contributed by atoms with Crippen LogP contribution < -0.4 is 10.1 Å². The molecule has 0 unspecified atom stereocenters. The van der Waals surface area contributed by atoms with E-state index in [-0.39, 0.29) is 12.1 Å². The highest BCUT2D eigenvalue weighted by Gasteiger charge is 2.31. The maximum absolute atomic E-state index is 12.1. The third-order valence-electron chi connectivity index (χ3n) is 3.33. The summed E-state index contributed by atoms with van der Waals surface area (Å²) in [6, 6.07) is 11.7. The van der Waals surface area contributed by atoms with Crippen molar-refractivity contribution in [3.63, 3.8) is 0 Å². The van der Waals surface area contributed by atoms with Gasteiger partial charge < -0.3 is 14.8 Å². The van der Waals surface area contributed by atoms with Gasteiger partial charge in [0.1, 0.15) is 11.9 Å². The molecule has 0 aromatic heterocycles. The van der Waals surface area contributed by atoms with Crippen molar-refractivity contribution in [2.24, 2.45) is 0 Å². The van der Waals surface area contributed by atoms with Gasteiger partial charge in [0.25, 0.3) is 5.91 Å². The number of methoxy groups -OCH3 is 1. The molecule has 0 bridgehead atoms. The Balaban J connectivity index is 1.98. The topological polar surface area (TPSA) is 47.6 Å². The molecular weight excluding hydrogens is 359 g/mol. The Morgan fingerprint density at radius 1 is 1.16 bits per heavy atom. The Morgan fingerprint density at radius 3 is 2.36 bits per heavy atom. The standard InChI is InChI=1S/C17H15ClF3NO3/c1-24-15(13-4-2-3-5-14(13)18)10-22-16(23)11-6-8-12(9-7-11)25-17(19,20)21/h2-9,15H,10H2,1H3,(H,22,23)/t15-/m0/s1. The van der Waals surface area contributed by atoms with E-state index in [1.165, 1.54) is 19.2 Å². The van der Waals surface area contributed by atoms with E-state index in [2.05, 4.69) is 10.1 Å². The number of alkyl halides is 3. The van der Waals surface area contributed by atoms with Crippen molar-refractivity contribution in [3.05, 3.63) is 64.7 Å². The molecule has 0 saturated carbocycles. The lowest BCUT2D eigenvalue weighted by molar-refractivity contribution is -0.274. The van der Waals surface area contributed by atoms with Gasteiger partial charge in [0.15, 0.2) is 0 Å². The molecule has 0 aliphatic carbocycles. The summed E-state index contributed by atoms with van der Waals surface area (Å²) in [6.45, 7) is 0.153. The fourth-order valence-corrected chi connectivity index (χ4v) is 2.41. The van der Waals surface area contributed by atoms with E-state index in [1.54, 1.807) is 24.3 Å². The first-order valence-electron chi connectivity index (χ1n) is 7.21. The molecular formula is C17H15ClF3NO3. The Hall–Kier alpha value is -2.25. The van der Waals surface area contributed by atoms with E-state index in [9.17, 15) is 18.0 Å². The van der Waals surface area contributed by atoms with Crippen molar-refractivity contribution >= 4 is 17.5 Å². The van der Waals surface area contributed by atoms with E-state index < -0.39 is 24.1 Å². The highest BCUT2D eigenvalue weighted by atomic mass is 35.5. The summed E-state index contributed by atoms with van der Waals surface area (Å²) in [5, 5.41) is 3.17. The predicted molar refractivity (Wildman–Crippen MR) is 86.7 cm³/mol. The number of halogens is 4. The lowest BCUT2D eigenvalue weighted by atomic mass is 10.1. The number of hydrogen-bond acceptors (Lipinski definition) is 3. The van der Waals surface area contributed by atoms with Crippen LogP contribution in [0.3, 0.4) is 0 Å². The van der Waals surface area contributed by atoms with Crippen molar-refractivity contribution in [1.29, 1.82) is 0 Å². The lowest BCUT2D eigenvalue weighted by Gasteiger charge is -2.18. The first-order valence-corrected chi connectivity index (χ1v) is 7.59. The van der Waals surface area contributed by atoms with Crippen LogP contribution in [-0.2, 0) is 4.74 Å². The molecule has 0 aliphatic heterocycles. The van der Waals surface area contributed by atoms with E-state index in [0.29, 0.717) is 5.02 Å². The van der Waals surface area contributed by atoms with Gasteiger partial charge in [0.2, 0.25) is 0 Å². The average molecular weight is 374 g/mol. The minimum atomic E-state index is -4.77. The zero-order valence-electron chi connectivity index (χ0n) is 13.1. The molecule has 0 fully saturated rings. The quantitative estimate of drug-likeness (QED) is 0.818. The number of rotatable bonds is 6. The van der Waals surface area contributed by atoms with E-state index in [1.807, 2.05) is 0 Å². The summed E-state index contributed by atoms with van der Waals surface area (Å²) < 4.78 is 45.4. The molecule has 0 saturated heterocycles. The normalized spacial score (nSPS) is 12.5. The van der Waals surface area contributed by atoms with Crippen molar-refractivity contribution in [2.75, 3.05) is 13.7 Å². The van der Waals surface area contributed by atoms with Gasteiger partial charge in [-0.3, -0.25) is 4.79 Å². The highest BCUT2D eigenvalue weighted by molar-refractivity contribution is 6.31. The van der Waals surface area contributed by atoms with Crippen molar-refractivity contribution in [3.8, 4) is 5.75 Å². The van der Waals surface area contributed by atoms with Crippen LogP contribution in [0.4, 0.5) is 13.2 Å². The number of ether oxygens (including phenoxy) is 2. The number of hydrogen-bond donors (Lipinski definition) is 1. The summed E-state index contributed by atoms with van der Waals surface area (Å²) in [7, 11) is 1.49. The van der Waals surface area contributed by atoms with Crippen LogP contribution in [-0.4, -0.2) is 25.9 Å². The molecule has 1 atom stereocenters. The van der Waals surface area contributed by atoms with Crippen LogP contribution >= 0.6 is 11.6 Å². The maximum Gasteiger partial charge on any atom is 0.573 e. The van der Waals surface area contributed by atoms with Crippen LogP contribution in [0.25, 0.3) is 0 Å². The minimum absolute atomic E-state index is 0.153. The molecule has 2 aromatic carbocycles. The highest BCUT2D eigenvalue weighted by Crippen LogP contribution is 2.25. The number of amides is 1. The predicted octanol–water partition coefficient (Wildman–Crippen LogP) is 4.36. The van der Waals surface area contributed by atoms with E-state index in [0.717, 1.165) is 17.7 Å². The Morgan fingerprint density at radius 2 is 1.80 bits per heavy atom. The van der Waals surface area contributed by atoms with Crippen molar-refractivity contribution < 1.29 is 27.4 Å². The number of benzene rings is 2. The molecule has 1 N–H and O–H groups in total. The van der Waals surface area contributed by atoms with Gasteiger partial charge in [0.05, 0.1) is 0 Å². The second-order valence-electron chi connectivity index (χ2n) is 5.03. The van der Waals surface area contributed by atoms with E-state index >= 15 is 0 Å². The molecule has 2 rings (SSSR count). The molecule has 0 spiro atoms. The van der Waals surface area contributed by atoms with Crippen molar-refractivity contribution in [1.82, 2.24) is 5.32 Å². The zero-order chi connectivity index (χ0) is 18.4. The third kappa shape index (κ3) is 5.65. The van der Waals surface area contributed by atoms with Gasteiger partial charge in [0, 0.05) is 29.8 Å². The van der Waals surface area contributed by atoms with Crippen LogP contribution in [0.5, 0.6) is 5.75 Å². The minimum Gasteiger partial charge on any atom is -0.406 e. The van der Waals surface area contributed by atoms with Gasteiger partial charge in [-0.05, 0) is 30.3 Å². The Kier molecular flexibility index (Phi) is 6.27. The van der Waals surface area contributed by atoms with Crippen molar-refractivity contribution in [2.45, 2.75) is 12.5 Å². The van der Waals surface area contributed by atoms with Crippen LogP contribution in [0, 0.1) is 0 Å². The first-order chi connectivity index (χ1) is 11.8. The summed E-state index contributed by atoms with van der Waals surface area (Å²) in [4.78, 5) is 12.1. The second-order valence-corrected chi connectivity index (χ2v) is 5.44. The largest absolute Gasteiger partial charge is 0.573 e. The summed E-state index contributed by atoms with van der Waals surface area (Å²) >= 11 is 6.10. The molecule has 8 heteroatoms. The third-order valence-corrected chi connectivity index (χ3v) is 3.68. The number of carbonyl (C=O) groups is 1. The number of carbonyl (C=O) groups excluding carboxylic acids is 1. The fraction of sp³-hybridized carbons (Fsp3) is 0.235. The second kappa shape index (κ2) is 8.22. The molecule has 1 amide bonds. The molecule has 4 nitrogen and oxygen atoms in total. The van der Waals surface area contributed by atoms with Gasteiger partial charge in [-0.1, -0.05) is 29.8 Å². The van der Waals surface area contributed by atoms with Gasteiger partial charge in [-0.25, -0.2) is 0 Å². The van der Waals surface area contributed by atoms with Crippen LogP contribution in [0.1, 0.15) is 22.0 Å². The average Bonchev–Trinajstić information content (AvgIpc) is 2.56. The number of nitrogens with one attached hydrogen (secondary N) is 1. The Labute approximate surface area is 147 Å². The van der Waals surface area contributed by atoms with Crippen LogP contribution in [0.2, 0.25) is 5.02 Å². The molecule has 25 heavy (non-hydrogen) atoms. The first kappa shape index (κ1) is 19.1. The fourth-order valence-electron chi connectivity index (χ4n) is 2.15. The molecule has 0 heterocycles. The molecule has 0 radical (unpaired) electrons. The monoisotopic (exact) mass is 373 g/mol. The van der Waals surface area contributed by atoms with Gasteiger partial charge >= 0.3 is 6.36 Å². The molecule has 134 valence electrons. The SMILES string of the molecule is CO[C@@H](CNC(=O)c1ccc(OC(F)(F)F)cc1)c1ccccc1Cl. The maximum atomic E-state index is 12.1.